The number of morpholine rings is 1. The van der Waals surface area contributed by atoms with Gasteiger partial charge in [0.15, 0.2) is 5.96 Å². The van der Waals surface area contributed by atoms with E-state index in [9.17, 15) is 5.11 Å². The van der Waals surface area contributed by atoms with Gasteiger partial charge in [0.05, 0.1) is 19.3 Å². The molecule has 0 unspecified atom stereocenters. The van der Waals surface area contributed by atoms with Crippen LogP contribution in [-0.2, 0) is 4.74 Å². The summed E-state index contributed by atoms with van der Waals surface area (Å²) < 4.78 is 5.52. The number of nitrogens with zero attached hydrogens (tertiary/aromatic N) is 3. The van der Waals surface area contributed by atoms with Crippen molar-refractivity contribution in [3.05, 3.63) is 0 Å². The Bertz CT molecular complexity index is 431. The molecule has 2 N–H and O–H groups in total. The molecule has 0 aromatic heterocycles. The Morgan fingerprint density at radius 3 is 2.60 bits per heavy atom. The fraction of sp³-hybridized carbons (Fsp3) is 0.947. The standard InChI is InChI=1S/C19H36N4O2/c1-2-20-18(23-9-6-17(24)14-23)21-15-19(7-4-3-5-8-19)16-22-10-12-25-13-11-22/h17,24H,2-16H2,1H3,(H,20,21)/t17-/m1/s1. The molecule has 1 saturated carbocycles. The smallest absolute Gasteiger partial charge is 0.194 e. The molecule has 2 aliphatic heterocycles. The lowest BCUT2D eigenvalue weighted by Crippen LogP contribution is -2.47. The third-order valence-corrected chi connectivity index (χ3v) is 5.94. The summed E-state index contributed by atoms with van der Waals surface area (Å²) >= 11 is 0. The van der Waals surface area contributed by atoms with Gasteiger partial charge in [0, 0.05) is 51.2 Å². The Balaban J connectivity index is 1.66. The molecule has 3 aliphatic rings. The molecule has 3 rings (SSSR count). The van der Waals surface area contributed by atoms with E-state index in [4.69, 9.17) is 9.73 Å². The van der Waals surface area contributed by atoms with Crippen LogP contribution in [0.2, 0.25) is 0 Å². The van der Waals surface area contributed by atoms with Crippen LogP contribution < -0.4 is 5.32 Å². The van der Waals surface area contributed by atoms with Gasteiger partial charge in [-0.3, -0.25) is 9.89 Å². The van der Waals surface area contributed by atoms with Crippen molar-refractivity contribution in [2.75, 3.05) is 59.0 Å². The van der Waals surface area contributed by atoms with Crippen molar-refractivity contribution in [1.29, 1.82) is 0 Å². The quantitative estimate of drug-likeness (QED) is 0.577. The zero-order valence-corrected chi connectivity index (χ0v) is 15.9. The highest BCUT2D eigenvalue weighted by atomic mass is 16.5. The second-order valence-corrected chi connectivity index (χ2v) is 8.01. The van der Waals surface area contributed by atoms with E-state index in [1.54, 1.807) is 0 Å². The van der Waals surface area contributed by atoms with Gasteiger partial charge in [0.2, 0.25) is 0 Å². The highest BCUT2D eigenvalue weighted by molar-refractivity contribution is 5.80. The monoisotopic (exact) mass is 352 g/mol. The number of aliphatic hydroxyl groups is 1. The largest absolute Gasteiger partial charge is 0.391 e. The van der Waals surface area contributed by atoms with E-state index in [0.717, 1.165) is 64.9 Å². The van der Waals surface area contributed by atoms with E-state index in [-0.39, 0.29) is 6.10 Å². The van der Waals surface area contributed by atoms with E-state index < -0.39 is 0 Å². The Morgan fingerprint density at radius 1 is 1.20 bits per heavy atom. The SMILES string of the molecule is CCNC(=NCC1(CN2CCOCC2)CCCCC1)N1CC[C@@H](O)C1. The minimum Gasteiger partial charge on any atom is -0.391 e. The summed E-state index contributed by atoms with van der Waals surface area (Å²) in [7, 11) is 0. The molecule has 0 aromatic rings. The molecular formula is C19H36N4O2. The number of likely N-dealkylation sites (tertiary alicyclic amines) is 1. The third kappa shape index (κ3) is 5.31. The van der Waals surface area contributed by atoms with Crippen molar-refractivity contribution in [2.24, 2.45) is 10.4 Å². The van der Waals surface area contributed by atoms with Crippen molar-refractivity contribution in [3.63, 3.8) is 0 Å². The van der Waals surface area contributed by atoms with Gasteiger partial charge >= 0.3 is 0 Å². The van der Waals surface area contributed by atoms with Crippen molar-refractivity contribution < 1.29 is 9.84 Å². The molecule has 0 amide bonds. The Kier molecular flexibility index (Phi) is 6.96. The van der Waals surface area contributed by atoms with E-state index in [2.05, 4.69) is 22.0 Å². The van der Waals surface area contributed by atoms with E-state index in [1.165, 1.54) is 32.1 Å². The molecule has 0 radical (unpaired) electrons. The summed E-state index contributed by atoms with van der Waals surface area (Å²) in [5, 5.41) is 13.3. The van der Waals surface area contributed by atoms with Crippen LogP contribution in [0.5, 0.6) is 0 Å². The lowest BCUT2D eigenvalue weighted by molar-refractivity contribution is 0.00933. The van der Waals surface area contributed by atoms with Gasteiger partial charge in [-0.05, 0) is 26.2 Å². The molecule has 2 saturated heterocycles. The van der Waals surface area contributed by atoms with Crippen LogP contribution >= 0.6 is 0 Å². The van der Waals surface area contributed by atoms with Crippen molar-refractivity contribution in [3.8, 4) is 0 Å². The van der Waals surface area contributed by atoms with Crippen LogP contribution in [0.3, 0.4) is 0 Å². The lowest BCUT2D eigenvalue weighted by atomic mass is 9.73. The van der Waals surface area contributed by atoms with Gasteiger partial charge in [0.1, 0.15) is 0 Å². The predicted octanol–water partition coefficient (Wildman–Crippen LogP) is 1.30. The number of rotatable bonds is 5. The first-order valence-electron chi connectivity index (χ1n) is 10.2. The maximum absolute atomic E-state index is 9.86. The normalized spacial score (nSPS) is 28.3. The minimum absolute atomic E-state index is 0.208. The summed E-state index contributed by atoms with van der Waals surface area (Å²) in [5.74, 6) is 0.992. The van der Waals surface area contributed by atoms with Crippen LogP contribution in [0.1, 0.15) is 45.4 Å². The number of ether oxygens (including phenoxy) is 1. The molecule has 25 heavy (non-hydrogen) atoms. The van der Waals surface area contributed by atoms with Crippen LogP contribution in [0.25, 0.3) is 0 Å². The number of aliphatic imine (C=N–C) groups is 1. The maximum atomic E-state index is 9.86. The molecule has 0 aromatic carbocycles. The molecule has 144 valence electrons. The number of hydrogen-bond donors (Lipinski definition) is 2. The van der Waals surface area contributed by atoms with Gasteiger partial charge in [0.25, 0.3) is 0 Å². The predicted molar refractivity (Wildman–Crippen MR) is 101 cm³/mol. The van der Waals surface area contributed by atoms with Crippen LogP contribution in [-0.4, -0.2) is 86.0 Å². The van der Waals surface area contributed by atoms with Gasteiger partial charge in [-0.15, -0.1) is 0 Å². The fourth-order valence-corrected chi connectivity index (χ4v) is 4.50. The zero-order valence-electron chi connectivity index (χ0n) is 15.9. The highest BCUT2D eigenvalue weighted by Crippen LogP contribution is 2.37. The number of aliphatic hydroxyl groups excluding tert-OH is 1. The molecule has 0 spiro atoms. The fourth-order valence-electron chi connectivity index (χ4n) is 4.50. The summed E-state index contributed by atoms with van der Waals surface area (Å²) in [5.41, 5.74) is 0.314. The van der Waals surface area contributed by atoms with Crippen molar-refractivity contribution in [1.82, 2.24) is 15.1 Å². The van der Waals surface area contributed by atoms with Crippen molar-refractivity contribution in [2.45, 2.75) is 51.6 Å². The third-order valence-electron chi connectivity index (χ3n) is 5.94. The number of guanidine groups is 1. The van der Waals surface area contributed by atoms with Gasteiger partial charge in [-0.25, -0.2) is 0 Å². The molecule has 2 heterocycles. The molecule has 6 heteroatoms. The average Bonchev–Trinajstić information content (AvgIpc) is 3.06. The maximum Gasteiger partial charge on any atom is 0.194 e. The van der Waals surface area contributed by atoms with Crippen LogP contribution in [0.15, 0.2) is 4.99 Å². The lowest BCUT2D eigenvalue weighted by Gasteiger charge is -2.41. The minimum atomic E-state index is -0.208. The van der Waals surface area contributed by atoms with Gasteiger partial charge in [-0.2, -0.15) is 0 Å². The molecule has 1 aliphatic carbocycles. The first-order chi connectivity index (χ1) is 12.2. The van der Waals surface area contributed by atoms with Crippen LogP contribution in [0.4, 0.5) is 0 Å². The average molecular weight is 353 g/mol. The first kappa shape index (κ1) is 18.9. The van der Waals surface area contributed by atoms with Crippen molar-refractivity contribution >= 4 is 5.96 Å². The summed E-state index contributed by atoms with van der Waals surface area (Å²) in [6.07, 6.45) is 7.25. The van der Waals surface area contributed by atoms with Gasteiger partial charge < -0.3 is 20.1 Å². The molecule has 1 atom stereocenters. The summed E-state index contributed by atoms with van der Waals surface area (Å²) in [4.78, 5) is 9.86. The Morgan fingerprint density at radius 2 is 1.96 bits per heavy atom. The van der Waals surface area contributed by atoms with E-state index in [0.29, 0.717) is 12.0 Å². The second-order valence-electron chi connectivity index (χ2n) is 8.01. The molecule has 6 nitrogen and oxygen atoms in total. The summed E-state index contributed by atoms with van der Waals surface area (Å²) in [6.45, 7) is 10.5. The number of hydrogen-bond acceptors (Lipinski definition) is 4. The molecule has 3 fully saturated rings. The number of nitrogens with one attached hydrogen (secondary N) is 1. The first-order valence-corrected chi connectivity index (χ1v) is 10.2. The number of β-amino-alcohol motifs (C(OH)–C–C–N with tert-alkyl or cyclic N) is 1. The Hall–Kier alpha value is -0.850. The molecular weight excluding hydrogens is 316 g/mol. The topological polar surface area (TPSA) is 60.3 Å². The zero-order chi connectivity index (χ0) is 17.5. The highest BCUT2D eigenvalue weighted by Gasteiger charge is 2.35. The van der Waals surface area contributed by atoms with Gasteiger partial charge in [-0.1, -0.05) is 19.3 Å². The molecule has 0 bridgehead atoms. The Labute approximate surface area is 152 Å². The van der Waals surface area contributed by atoms with Crippen LogP contribution in [0, 0.1) is 5.41 Å². The second kappa shape index (κ2) is 9.19. The van der Waals surface area contributed by atoms with E-state index in [1.807, 2.05) is 0 Å². The van der Waals surface area contributed by atoms with E-state index >= 15 is 0 Å². The summed E-state index contributed by atoms with van der Waals surface area (Å²) in [6, 6.07) is 0.